The summed E-state index contributed by atoms with van der Waals surface area (Å²) in [5.74, 6) is 0.150. The zero-order valence-corrected chi connectivity index (χ0v) is 16.9. The van der Waals surface area contributed by atoms with Gasteiger partial charge in [0, 0.05) is 23.2 Å². The number of nitro benzene ring substituents is 1. The topological polar surface area (TPSA) is 102 Å². The van der Waals surface area contributed by atoms with E-state index >= 15 is 0 Å². The molecule has 1 aromatic heterocycles. The molecular formula is C20H19ClN4O4. The van der Waals surface area contributed by atoms with E-state index in [1.165, 1.54) is 17.0 Å². The Kier molecular flexibility index (Phi) is 5.93. The second kappa shape index (κ2) is 8.40. The number of rotatable bonds is 6. The van der Waals surface area contributed by atoms with Gasteiger partial charge in [-0.25, -0.2) is 0 Å². The first kappa shape index (κ1) is 20.5. The van der Waals surface area contributed by atoms with Gasteiger partial charge in [-0.15, -0.1) is 10.2 Å². The smallest absolute Gasteiger partial charge is 0.273 e. The molecule has 0 atom stereocenters. The molecule has 3 aromatic rings. The lowest BCUT2D eigenvalue weighted by atomic mass is 10.0. The largest absolute Gasteiger partial charge is 0.419 e. The molecule has 150 valence electrons. The summed E-state index contributed by atoms with van der Waals surface area (Å²) in [6.45, 7) is 5.31. The van der Waals surface area contributed by atoms with Crippen LogP contribution in [0.25, 0.3) is 11.5 Å². The number of amides is 1. The molecule has 0 spiro atoms. The standard InChI is InChI=1S/C20H19ClN4O4/c1-12(2)24(20(26)14-8-6-10-17(13(14)3)25(27)28)11-18-22-23-19(29-18)15-7-4-5-9-16(15)21/h4-10,12H,11H2,1-3H3. The maximum absolute atomic E-state index is 13.1. The van der Waals surface area contributed by atoms with E-state index in [0.29, 0.717) is 16.1 Å². The third-order valence-corrected chi connectivity index (χ3v) is 4.82. The Morgan fingerprint density at radius 2 is 1.93 bits per heavy atom. The number of benzene rings is 2. The van der Waals surface area contributed by atoms with Crippen LogP contribution in [0.4, 0.5) is 5.69 Å². The lowest BCUT2D eigenvalue weighted by molar-refractivity contribution is -0.385. The van der Waals surface area contributed by atoms with Crippen molar-refractivity contribution < 1.29 is 14.1 Å². The number of nitrogens with zero attached hydrogens (tertiary/aromatic N) is 4. The number of carbonyl (C=O) groups is 1. The Bertz CT molecular complexity index is 1060. The molecule has 9 heteroatoms. The molecule has 2 aromatic carbocycles. The van der Waals surface area contributed by atoms with E-state index in [9.17, 15) is 14.9 Å². The molecule has 8 nitrogen and oxygen atoms in total. The first-order chi connectivity index (χ1) is 13.8. The summed E-state index contributed by atoms with van der Waals surface area (Å²) in [5.41, 5.74) is 1.08. The quantitative estimate of drug-likeness (QED) is 0.429. The number of nitro groups is 1. The summed E-state index contributed by atoms with van der Waals surface area (Å²) >= 11 is 6.17. The number of aromatic nitrogens is 2. The number of hydrogen-bond donors (Lipinski definition) is 0. The highest BCUT2D eigenvalue weighted by Crippen LogP contribution is 2.27. The maximum Gasteiger partial charge on any atom is 0.273 e. The van der Waals surface area contributed by atoms with Gasteiger partial charge in [0.05, 0.1) is 22.1 Å². The van der Waals surface area contributed by atoms with E-state index < -0.39 is 4.92 Å². The molecule has 0 aliphatic rings. The van der Waals surface area contributed by atoms with Gasteiger partial charge in [-0.05, 0) is 39.0 Å². The van der Waals surface area contributed by atoms with Crippen molar-refractivity contribution in [2.75, 3.05) is 0 Å². The summed E-state index contributed by atoms with van der Waals surface area (Å²) in [7, 11) is 0. The van der Waals surface area contributed by atoms with E-state index in [2.05, 4.69) is 10.2 Å². The molecule has 29 heavy (non-hydrogen) atoms. The monoisotopic (exact) mass is 414 g/mol. The van der Waals surface area contributed by atoms with Crippen molar-refractivity contribution in [1.82, 2.24) is 15.1 Å². The van der Waals surface area contributed by atoms with Crippen LogP contribution in [0.1, 0.15) is 35.7 Å². The molecule has 0 saturated heterocycles. The second-order valence-electron chi connectivity index (χ2n) is 6.71. The summed E-state index contributed by atoms with van der Waals surface area (Å²) in [5, 5.41) is 19.7. The molecule has 0 radical (unpaired) electrons. The first-order valence-electron chi connectivity index (χ1n) is 8.91. The van der Waals surface area contributed by atoms with Crippen molar-refractivity contribution in [3.8, 4) is 11.5 Å². The van der Waals surface area contributed by atoms with E-state index in [4.69, 9.17) is 16.0 Å². The van der Waals surface area contributed by atoms with Crippen LogP contribution in [0.3, 0.4) is 0 Å². The van der Waals surface area contributed by atoms with Crippen LogP contribution in [0.2, 0.25) is 5.02 Å². The molecule has 0 saturated carbocycles. The Balaban J connectivity index is 1.89. The summed E-state index contributed by atoms with van der Waals surface area (Å²) < 4.78 is 5.70. The third kappa shape index (κ3) is 4.27. The lowest BCUT2D eigenvalue weighted by Gasteiger charge is -2.25. The molecule has 0 bridgehead atoms. The van der Waals surface area contributed by atoms with Gasteiger partial charge in [0.1, 0.15) is 0 Å². The van der Waals surface area contributed by atoms with Crippen molar-refractivity contribution >= 4 is 23.2 Å². The molecule has 0 aliphatic heterocycles. The number of carbonyl (C=O) groups excluding carboxylic acids is 1. The zero-order chi connectivity index (χ0) is 21.1. The van der Waals surface area contributed by atoms with Crippen LogP contribution in [0, 0.1) is 17.0 Å². The Labute approximate surface area is 172 Å². The van der Waals surface area contributed by atoms with Crippen LogP contribution in [0.5, 0.6) is 0 Å². The Hall–Kier alpha value is -3.26. The van der Waals surface area contributed by atoms with Gasteiger partial charge >= 0.3 is 0 Å². The highest BCUT2D eigenvalue weighted by atomic mass is 35.5. The molecule has 0 fully saturated rings. The fourth-order valence-electron chi connectivity index (χ4n) is 2.90. The van der Waals surface area contributed by atoms with Gasteiger partial charge < -0.3 is 9.32 Å². The van der Waals surface area contributed by atoms with Gasteiger partial charge in [0.2, 0.25) is 11.8 Å². The summed E-state index contributed by atoms with van der Waals surface area (Å²) in [4.78, 5) is 25.3. The van der Waals surface area contributed by atoms with Crippen molar-refractivity contribution in [3.63, 3.8) is 0 Å². The number of hydrogen-bond acceptors (Lipinski definition) is 6. The summed E-state index contributed by atoms with van der Waals surface area (Å²) in [6.07, 6.45) is 0. The molecule has 0 aliphatic carbocycles. The second-order valence-corrected chi connectivity index (χ2v) is 7.12. The fourth-order valence-corrected chi connectivity index (χ4v) is 3.12. The summed E-state index contributed by atoms with van der Waals surface area (Å²) in [6, 6.07) is 11.3. The number of halogens is 1. The van der Waals surface area contributed by atoms with Gasteiger partial charge in [-0.3, -0.25) is 14.9 Å². The minimum Gasteiger partial charge on any atom is -0.419 e. The van der Waals surface area contributed by atoms with Crippen LogP contribution >= 0.6 is 11.6 Å². The molecular weight excluding hydrogens is 396 g/mol. The molecule has 1 heterocycles. The predicted molar refractivity (Wildman–Crippen MR) is 108 cm³/mol. The van der Waals surface area contributed by atoms with Crippen molar-refractivity contribution in [1.29, 1.82) is 0 Å². The third-order valence-electron chi connectivity index (χ3n) is 4.49. The van der Waals surface area contributed by atoms with Crippen LogP contribution in [0.15, 0.2) is 46.9 Å². The average molecular weight is 415 g/mol. The van der Waals surface area contributed by atoms with Gasteiger partial charge in [0.25, 0.3) is 11.6 Å². The zero-order valence-electron chi connectivity index (χ0n) is 16.1. The average Bonchev–Trinajstić information content (AvgIpc) is 3.14. The van der Waals surface area contributed by atoms with Gasteiger partial charge in [0.15, 0.2) is 0 Å². The molecule has 3 rings (SSSR count). The molecule has 0 unspecified atom stereocenters. The van der Waals surface area contributed by atoms with Crippen molar-refractivity contribution in [2.24, 2.45) is 0 Å². The minimum absolute atomic E-state index is 0.0656. The SMILES string of the molecule is Cc1c(C(=O)N(Cc2nnc(-c3ccccc3Cl)o2)C(C)C)cccc1[N+](=O)[O-]. The molecule has 0 N–H and O–H groups in total. The fraction of sp³-hybridized carbons (Fsp3) is 0.250. The first-order valence-corrected chi connectivity index (χ1v) is 9.29. The van der Waals surface area contributed by atoms with E-state index in [1.54, 1.807) is 37.3 Å². The van der Waals surface area contributed by atoms with Crippen molar-refractivity contribution in [2.45, 2.75) is 33.4 Å². The van der Waals surface area contributed by atoms with Crippen LogP contribution in [-0.4, -0.2) is 32.0 Å². The lowest BCUT2D eigenvalue weighted by Crippen LogP contribution is -2.37. The Morgan fingerprint density at radius 3 is 2.59 bits per heavy atom. The van der Waals surface area contributed by atoms with Crippen LogP contribution in [-0.2, 0) is 6.54 Å². The van der Waals surface area contributed by atoms with E-state index in [0.717, 1.165) is 0 Å². The normalized spacial score (nSPS) is 10.9. The van der Waals surface area contributed by atoms with Gasteiger partial charge in [-0.1, -0.05) is 29.8 Å². The highest BCUT2D eigenvalue weighted by molar-refractivity contribution is 6.33. The maximum atomic E-state index is 13.1. The molecule has 1 amide bonds. The Morgan fingerprint density at radius 1 is 1.21 bits per heavy atom. The minimum atomic E-state index is -0.500. The van der Waals surface area contributed by atoms with Crippen LogP contribution < -0.4 is 0 Å². The highest BCUT2D eigenvalue weighted by Gasteiger charge is 2.26. The van der Waals surface area contributed by atoms with Crippen molar-refractivity contribution in [3.05, 3.63) is 74.6 Å². The van der Waals surface area contributed by atoms with E-state index in [1.807, 2.05) is 13.8 Å². The van der Waals surface area contributed by atoms with E-state index in [-0.39, 0.29) is 41.5 Å². The predicted octanol–water partition coefficient (Wildman–Crippen LogP) is 4.66. The van der Waals surface area contributed by atoms with Gasteiger partial charge in [-0.2, -0.15) is 0 Å².